The number of rotatable bonds is 1. The molecule has 0 saturated carbocycles. The van der Waals surface area contributed by atoms with Crippen molar-refractivity contribution in [2.75, 3.05) is 32.8 Å². The number of nitrogens with one attached hydrogen (secondary N) is 1. The van der Waals surface area contributed by atoms with Crippen LogP contribution in [0.2, 0.25) is 10.0 Å². The van der Waals surface area contributed by atoms with Crippen LogP contribution in [-0.4, -0.2) is 53.7 Å². The minimum atomic E-state index is -0.215. The summed E-state index contributed by atoms with van der Waals surface area (Å²) in [5.74, 6) is 0. The van der Waals surface area contributed by atoms with Crippen molar-refractivity contribution in [3.8, 4) is 0 Å². The molecule has 0 unspecified atom stereocenters. The molecule has 49 heavy (non-hydrogen) atoms. The van der Waals surface area contributed by atoms with Crippen molar-refractivity contribution < 1.29 is 9.53 Å². The normalized spacial score (nSPS) is 17.0. The molecule has 2 aliphatic heterocycles. The fourth-order valence-corrected chi connectivity index (χ4v) is 8.06. The Bertz CT molecular complexity index is 1920. The van der Waals surface area contributed by atoms with Gasteiger partial charge in [-0.1, -0.05) is 58.6 Å². The van der Waals surface area contributed by atoms with Crippen LogP contribution in [0.3, 0.4) is 0 Å². The predicted molar refractivity (Wildman–Crippen MR) is 198 cm³/mol. The lowest BCUT2D eigenvalue weighted by Gasteiger charge is -2.29. The molecule has 0 radical (unpaired) electrons. The predicted octanol–water partition coefficient (Wildman–Crippen LogP) is 8.91. The molecule has 2 aromatic carbocycles. The number of hydrogen-bond donors (Lipinski definition) is 1. The maximum atomic E-state index is 12.0. The first-order valence-corrected chi connectivity index (χ1v) is 18.3. The third-order valence-electron chi connectivity index (χ3n) is 10.1. The molecule has 8 rings (SSSR count). The monoisotopic (exact) mass is 692 g/mol. The van der Waals surface area contributed by atoms with Crippen LogP contribution < -0.4 is 5.32 Å². The third kappa shape index (κ3) is 7.33. The van der Waals surface area contributed by atoms with E-state index in [1.165, 1.54) is 61.4 Å². The van der Waals surface area contributed by atoms with Crippen molar-refractivity contribution in [1.29, 1.82) is 0 Å². The van der Waals surface area contributed by atoms with Crippen molar-refractivity contribution in [3.63, 3.8) is 0 Å². The van der Waals surface area contributed by atoms with Crippen LogP contribution in [0, 0.1) is 0 Å². The highest BCUT2D eigenvalue weighted by atomic mass is 35.5. The van der Waals surface area contributed by atoms with Gasteiger partial charge in [0.25, 0.3) is 0 Å². The van der Waals surface area contributed by atoms with Gasteiger partial charge in [0.15, 0.2) is 0 Å². The fraction of sp³-hybridized carbons (Fsp3) is 0.341. The number of amides is 1. The second-order valence-electron chi connectivity index (χ2n) is 13.0. The standard InChI is InChI=1S/C22H23ClN2O2.C19H19ClN2/c1-2-27-22(26)25-12-9-15(10-13-25)20-19-8-7-18(23)14-17(19)6-5-16-4-3-11-24-21(16)20;20-16-5-6-17-15(12-16)4-3-14-2-1-9-22-19(14)18(17)13-7-10-21-11-8-13/h3-4,7-8,11,14H,2,5-6,9-10,12-13H2,1H3;1-2,5-6,9,12,21H,3-4,7-8,10-11H2. The Hall–Kier alpha value is -3.97. The van der Waals surface area contributed by atoms with Crippen LogP contribution >= 0.6 is 23.2 Å². The molecule has 4 aromatic rings. The van der Waals surface area contributed by atoms with Gasteiger partial charge in [-0.2, -0.15) is 0 Å². The highest BCUT2D eigenvalue weighted by Crippen LogP contribution is 2.39. The number of piperidine rings is 2. The van der Waals surface area contributed by atoms with Crippen molar-refractivity contribution in [2.24, 2.45) is 0 Å². The number of ether oxygens (including phenoxy) is 1. The van der Waals surface area contributed by atoms with Crippen LogP contribution in [0.1, 0.15) is 77.4 Å². The molecular weight excluding hydrogens is 651 g/mol. The van der Waals surface area contributed by atoms with E-state index in [9.17, 15) is 4.79 Å². The molecule has 252 valence electrons. The van der Waals surface area contributed by atoms with Gasteiger partial charge >= 0.3 is 6.09 Å². The minimum Gasteiger partial charge on any atom is -0.450 e. The molecule has 4 aliphatic rings. The quantitative estimate of drug-likeness (QED) is 0.216. The van der Waals surface area contributed by atoms with Crippen molar-refractivity contribution in [3.05, 3.63) is 139 Å². The van der Waals surface area contributed by atoms with Crippen molar-refractivity contribution in [1.82, 2.24) is 20.2 Å². The zero-order chi connectivity index (χ0) is 33.7. The van der Waals surface area contributed by atoms with Gasteiger partial charge in [-0.25, -0.2) is 4.79 Å². The number of benzene rings is 2. The van der Waals surface area contributed by atoms with Gasteiger partial charge in [0.1, 0.15) is 0 Å². The summed E-state index contributed by atoms with van der Waals surface area (Å²) in [6.45, 7) is 5.74. The summed E-state index contributed by atoms with van der Waals surface area (Å²) >= 11 is 12.5. The number of halogens is 2. The van der Waals surface area contributed by atoms with E-state index in [-0.39, 0.29) is 6.09 Å². The number of carbonyl (C=O) groups is 1. The first-order chi connectivity index (χ1) is 24.0. The molecule has 2 aliphatic carbocycles. The number of likely N-dealkylation sites (tertiary alicyclic amines) is 1. The highest BCUT2D eigenvalue weighted by molar-refractivity contribution is 6.31. The van der Waals surface area contributed by atoms with Crippen LogP contribution in [0.15, 0.2) is 84.2 Å². The van der Waals surface area contributed by atoms with Crippen LogP contribution in [-0.2, 0) is 30.4 Å². The fourth-order valence-electron chi connectivity index (χ4n) is 7.67. The average molecular weight is 694 g/mol. The Kier molecular flexibility index (Phi) is 10.5. The molecule has 1 N–H and O–H groups in total. The van der Waals surface area contributed by atoms with Crippen LogP contribution in [0.25, 0.3) is 11.1 Å². The molecule has 0 atom stereocenters. The van der Waals surface area contributed by atoms with E-state index in [1.807, 2.05) is 43.6 Å². The Labute approximate surface area is 299 Å². The second kappa shape index (κ2) is 15.3. The summed E-state index contributed by atoms with van der Waals surface area (Å²) in [6, 6.07) is 20.9. The molecule has 0 bridgehead atoms. The topological polar surface area (TPSA) is 67.3 Å². The Morgan fingerprint density at radius 1 is 0.694 bits per heavy atom. The number of aryl methyl sites for hydroxylation is 4. The average Bonchev–Trinajstić information content (AvgIpc) is 3.40. The smallest absolute Gasteiger partial charge is 0.409 e. The maximum Gasteiger partial charge on any atom is 0.409 e. The minimum absolute atomic E-state index is 0.215. The summed E-state index contributed by atoms with van der Waals surface area (Å²) in [5.41, 5.74) is 15.6. The van der Waals surface area contributed by atoms with Gasteiger partial charge in [0.2, 0.25) is 0 Å². The maximum absolute atomic E-state index is 12.0. The summed E-state index contributed by atoms with van der Waals surface area (Å²) < 4.78 is 5.15. The van der Waals surface area contributed by atoms with Crippen LogP contribution in [0.5, 0.6) is 0 Å². The first kappa shape index (κ1) is 33.5. The van der Waals surface area contributed by atoms with E-state index in [1.54, 1.807) is 4.90 Å². The number of aromatic nitrogens is 2. The molecule has 0 spiro atoms. The summed E-state index contributed by atoms with van der Waals surface area (Å²) in [5, 5.41) is 5.05. The van der Waals surface area contributed by atoms with Gasteiger partial charge in [-0.3, -0.25) is 9.97 Å². The highest BCUT2D eigenvalue weighted by Gasteiger charge is 2.27. The molecular formula is C41H42Cl2N4O2. The van der Waals surface area contributed by atoms with E-state index in [2.05, 4.69) is 41.7 Å². The van der Waals surface area contributed by atoms with E-state index < -0.39 is 0 Å². The van der Waals surface area contributed by atoms with E-state index in [0.29, 0.717) is 19.7 Å². The summed E-state index contributed by atoms with van der Waals surface area (Å²) in [6.07, 6.45) is 11.4. The Morgan fingerprint density at radius 3 is 1.69 bits per heavy atom. The number of fused-ring (bicyclic) bond motifs is 4. The number of hydrogen-bond acceptors (Lipinski definition) is 5. The summed E-state index contributed by atoms with van der Waals surface area (Å²) in [7, 11) is 0. The first-order valence-electron chi connectivity index (χ1n) is 17.5. The van der Waals surface area contributed by atoms with E-state index in [4.69, 9.17) is 37.9 Å². The van der Waals surface area contributed by atoms with Gasteiger partial charge in [0, 0.05) is 46.7 Å². The zero-order valence-corrected chi connectivity index (χ0v) is 29.5. The van der Waals surface area contributed by atoms with Gasteiger partial charge < -0.3 is 15.0 Å². The van der Waals surface area contributed by atoms with Crippen molar-refractivity contribution >= 4 is 40.4 Å². The molecule has 6 nitrogen and oxygen atoms in total. The van der Waals surface area contributed by atoms with E-state index in [0.717, 1.165) is 80.2 Å². The third-order valence-corrected chi connectivity index (χ3v) is 10.5. The number of pyridine rings is 2. The Morgan fingerprint density at radius 2 is 1.18 bits per heavy atom. The largest absolute Gasteiger partial charge is 0.450 e. The molecule has 2 aromatic heterocycles. The van der Waals surface area contributed by atoms with Gasteiger partial charge in [0.05, 0.1) is 18.0 Å². The molecule has 1 amide bonds. The molecule has 4 heterocycles. The van der Waals surface area contributed by atoms with Crippen LogP contribution in [0.4, 0.5) is 4.79 Å². The SMILES string of the molecule is CCOC(=O)N1CCC(=C2c3ccc(Cl)cc3CCc3cccnc32)CC1.Clc1ccc2c(c1)CCc1cccnc1C2=C1CCNCC1. The molecule has 2 fully saturated rings. The van der Waals surface area contributed by atoms with Crippen molar-refractivity contribution in [2.45, 2.75) is 58.3 Å². The summed E-state index contributed by atoms with van der Waals surface area (Å²) in [4.78, 5) is 23.3. The lowest BCUT2D eigenvalue weighted by molar-refractivity contribution is 0.104. The van der Waals surface area contributed by atoms with Gasteiger partial charge in [-0.15, -0.1) is 0 Å². The lowest BCUT2D eigenvalue weighted by atomic mass is 9.88. The number of nitrogens with zero attached hydrogens (tertiary/aromatic N) is 3. The van der Waals surface area contributed by atoms with E-state index >= 15 is 0 Å². The molecule has 8 heteroatoms. The zero-order valence-electron chi connectivity index (χ0n) is 28.0. The second-order valence-corrected chi connectivity index (χ2v) is 13.9. The lowest BCUT2D eigenvalue weighted by Crippen LogP contribution is -2.37. The number of carbonyl (C=O) groups excluding carboxylic acids is 1. The van der Waals surface area contributed by atoms with Gasteiger partial charge in [-0.05, 0) is 141 Å². The Balaban J connectivity index is 0.000000157. The molecule has 2 saturated heterocycles.